The molecule has 4 rings (SSSR count). The van der Waals surface area contributed by atoms with E-state index in [4.69, 9.17) is 19.9 Å². The van der Waals surface area contributed by atoms with Gasteiger partial charge in [0.2, 0.25) is 0 Å². The summed E-state index contributed by atoms with van der Waals surface area (Å²) in [4.78, 5) is 26.5. The number of benzene rings is 2. The van der Waals surface area contributed by atoms with E-state index in [1.54, 1.807) is 12.1 Å². The third-order valence-electron chi connectivity index (χ3n) is 6.06. The average molecular weight is 544 g/mol. The van der Waals surface area contributed by atoms with Crippen molar-refractivity contribution in [3.05, 3.63) is 72.1 Å². The molecule has 2 aromatic rings. The van der Waals surface area contributed by atoms with Crippen LogP contribution in [0.15, 0.2) is 65.7 Å². The van der Waals surface area contributed by atoms with Crippen LogP contribution in [0.1, 0.15) is 37.7 Å². The number of unbranched alkanes of at least 4 members (excludes halogenated alkanes) is 2. The van der Waals surface area contributed by atoms with Crippen LogP contribution in [0.25, 0.3) is 0 Å². The largest absolute Gasteiger partial charge is 0.494 e. The van der Waals surface area contributed by atoms with Crippen LogP contribution in [0.5, 0.6) is 5.75 Å². The fourth-order valence-electron chi connectivity index (χ4n) is 4.06. The van der Waals surface area contributed by atoms with Crippen molar-refractivity contribution >= 4 is 34.6 Å². The van der Waals surface area contributed by atoms with Gasteiger partial charge in [-0.15, -0.1) is 0 Å². The Balaban J connectivity index is 0.000000436. The molecule has 10 heteroatoms. The number of piperidine rings is 1. The third-order valence-corrected chi connectivity index (χ3v) is 7.00. The van der Waals surface area contributed by atoms with E-state index >= 15 is 0 Å². The zero-order chi connectivity index (χ0) is 27.2. The van der Waals surface area contributed by atoms with Gasteiger partial charge >= 0.3 is 11.9 Å². The highest BCUT2D eigenvalue weighted by atomic mass is 32.2. The van der Waals surface area contributed by atoms with Crippen LogP contribution in [0, 0.1) is 5.82 Å². The minimum atomic E-state index is -1.26. The second-order valence-corrected chi connectivity index (χ2v) is 9.93. The predicted molar refractivity (Wildman–Crippen MR) is 148 cm³/mol. The summed E-state index contributed by atoms with van der Waals surface area (Å²) in [6.45, 7) is 4.16. The molecular formula is C28H34FN3O5S. The van der Waals surface area contributed by atoms with E-state index in [1.165, 1.54) is 37.0 Å². The molecule has 0 aliphatic carbocycles. The van der Waals surface area contributed by atoms with Gasteiger partial charge in [0.25, 0.3) is 0 Å². The first-order chi connectivity index (χ1) is 18.4. The maximum absolute atomic E-state index is 12.9. The van der Waals surface area contributed by atoms with Crippen molar-refractivity contribution < 1.29 is 28.9 Å². The molecule has 0 saturated carbocycles. The Morgan fingerprint density at radius 2 is 1.71 bits per heavy atom. The van der Waals surface area contributed by atoms with Crippen molar-refractivity contribution in [3.63, 3.8) is 0 Å². The molecule has 2 aliphatic heterocycles. The molecule has 8 nitrogen and oxygen atoms in total. The third kappa shape index (κ3) is 10.9. The molecule has 0 unspecified atom stereocenters. The number of hydrogen-bond acceptors (Lipinski definition) is 7. The smallest absolute Gasteiger partial charge is 0.328 e. The number of rotatable bonds is 10. The number of halogens is 1. The van der Waals surface area contributed by atoms with E-state index in [0.717, 1.165) is 54.8 Å². The van der Waals surface area contributed by atoms with Crippen molar-refractivity contribution in [2.75, 3.05) is 26.2 Å². The van der Waals surface area contributed by atoms with Crippen LogP contribution < -0.4 is 10.1 Å². The first-order valence-electron chi connectivity index (χ1n) is 12.7. The molecule has 0 aromatic heterocycles. The summed E-state index contributed by atoms with van der Waals surface area (Å²) in [5.74, 6) is -0.988. The van der Waals surface area contributed by atoms with Crippen LogP contribution in [0.2, 0.25) is 0 Å². The number of carboxylic acids is 2. The molecule has 0 amide bonds. The molecule has 204 valence electrons. The van der Waals surface area contributed by atoms with Crippen LogP contribution in [-0.4, -0.2) is 64.5 Å². The van der Waals surface area contributed by atoms with E-state index < -0.39 is 11.9 Å². The number of ether oxygens (including phenoxy) is 1. The fraction of sp³-hybridized carbons (Fsp3) is 0.393. The molecule has 0 spiro atoms. The Bertz CT molecular complexity index is 1090. The summed E-state index contributed by atoms with van der Waals surface area (Å²) in [6, 6.07) is 15.2. The van der Waals surface area contributed by atoms with Gasteiger partial charge in [-0.05, 0) is 74.5 Å². The molecule has 38 heavy (non-hydrogen) atoms. The Kier molecular flexibility index (Phi) is 12.1. The normalized spacial score (nSPS) is 15.7. The van der Waals surface area contributed by atoms with Gasteiger partial charge in [-0.25, -0.2) is 19.0 Å². The lowest BCUT2D eigenvalue weighted by Gasteiger charge is -2.33. The molecule has 0 bridgehead atoms. The highest BCUT2D eigenvalue weighted by molar-refractivity contribution is 8.13. The van der Waals surface area contributed by atoms with Gasteiger partial charge in [-0.3, -0.25) is 0 Å². The number of amidine groups is 1. The number of likely N-dealkylation sites (tertiary alicyclic amines) is 1. The number of aliphatic carboxylic acids is 2. The number of fused-ring (bicyclic) bond motifs is 1. The maximum atomic E-state index is 12.9. The molecule has 1 saturated heterocycles. The van der Waals surface area contributed by atoms with E-state index in [2.05, 4.69) is 34.5 Å². The van der Waals surface area contributed by atoms with Crippen LogP contribution in [0.3, 0.4) is 0 Å². The molecule has 3 N–H and O–H groups in total. The van der Waals surface area contributed by atoms with Gasteiger partial charge in [0, 0.05) is 37.0 Å². The van der Waals surface area contributed by atoms with E-state index in [-0.39, 0.29) is 5.82 Å². The number of thioether (sulfide) groups is 1. The molecule has 1 fully saturated rings. The average Bonchev–Trinajstić information content (AvgIpc) is 2.92. The zero-order valence-electron chi connectivity index (χ0n) is 21.2. The minimum Gasteiger partial charge on any atom is -0.494 e. The van der Waals surface area contributed by atoms with Gasteiger partial charge < -0.3 is 25.2 Å². The van der Waals surface area contributed by atoms with Crippen LogP contribution in [-0.2, 0) is 15.3 Å². The topological polar surface area (TPSA) is 111 Å². The number of aliphatic imine (C=N–C) groups is 1. The van der Waals surface area contributed by atoms with Crippen LogP contribution in [0.4, 0.5) is 10.1 Å². The second-order valence-electron chi connectivity index (χ2n) is 8.97. The lowest BCUT2D eigenvalue weighted by atomic mass is 10.0. The van der Waals surface area contributed by atoms with Crippen LogP contribution >= 0.6 is 11.8 Å². The van der Waals surface area contributed by atoms with Crippen molar-refractivity contribution in [2.24, 2.45) is 4.99 Å². The summed E-state index contributed by atoms with van der Waals surface area (Å²) in [7, 11) is 0. The van der Waals surface area contributed by atoms with E-state index in [9.17, 15) is 14.0 Å². The number of carboxylic acid groups (broad SMARTS) is 2. The summed E-state index contributed by atoms with van der Waals surface area (Å²) >= 11 is 1.82. The Hall–Kier alpha value is -3.37. The molecule has 2 heterocycles. The number of nitrogens with zero attached hydrogens (tertiary/aromatic N) is 2. The van der Waals surface area contributed by atoms with E-state index in [0.29, 0.717) is 24.8 Å². The molecule has 2 aliphatic rings. The van der Waals surface area contributed by atoms with Gasteiger partial charge in [0.05, 0.1) is 12.3 Å². The van der Waals surface area contributed by atoms with Gasteiger partial charge in [0.15, 0.2) is 5.17 Å². The maximum Gasteiger partial charge on any atom is 0.328 e. The standard InChI is InChI=1S/C24H30FN3OS.C4H4O4/c25-20-8-10-22(11-9-20)29-17-5-1-4-14-28-15-12-21(13-16-28)26-24-27-23-7-3-2-6-19(23)18-30-24;5-3(6)1-2-4(7)8/h2-3,6-11,21H,1,4-5,12-18H2,(H,26,27);1-2H,(H,5,6)(H,7,8). The lowest BCUT2D eigenvalue weighted by molar-refractivity contribution is -0.134. The summed E-state index contributed by atoms with van der Waals surface area (Å²) in [6.07, 6.45) is 6.86. The summed E-state index contributed by atoms with van der Waals surface area (Å²) in [5, 5.41) is 20.4. The van der Waals surface area contributed by atoms with Crippen molar-refractivity contribution in [1.82, 2.24) is 10.2 Å². The summed E-state index contributed by atoms with van der Waals surface area (Å²) in [5.41, 5.74) is 2.44. The highest BCUT2D eigenvalue weighted by Crippen LogP contribution is 2.30. The number of carbonyl (C=O) groups is 2. The molecular weight excluding hydrogens is 509 g/mol. The Labute approximate surface area is 226 Å². The minimum absolute atomic E-state index is 0.225. The monoisotopic (exact) mass is 543 g/mol. The quantitative estimate of drug-likeness (QED) is 0.281. The molecule has 2 aromatic carbocycles. The van der Waals surface area contributed by atoms with Gasteiger partial charge in [-0.2, -0.15) is 0 Å². The lowest BCUT2D eigenvalue weighted by Crippen LogP contribution is -2.44. The van der Waals surface area contributed by atoms with Gasteiger partial charge in [-0.1, -0.05) is 30.0 Å². The Morgan fingerprint density at radius 1 is 1.03 bits per heavy atom. The fourth-order valence-corrected chi connectivity index (χ4v) is 5.01. The van der Waals surface area contributed by atoms with Crippen molar-refractivity contribution in [3.8, 4) is 5.75 Å². The first kappa shape index (κ1) is 29.2. The summed E-state index contributed by atoms with van der Waals surface area (Å²) < 4.78 is 18.5. The second kappa shape index (κ2) is 15.8. The highest BCUT2D eigenvalue weighted by Gasteiger charge is 2.21. The van der Waals surface area contributed by atoms with E-state index in [1.807, 2.05) is 11.8 Å². The van der Waals surface area contributed by atoms with Crippen molar-refractivity contribution in [2.45, 2.75) is 43.9 Å². The predicted octanol–water partition coefficient (Wildman–Crippen LogP) is 5.08. The molecule has 0 atom stereocenters. The first-order valence-corrected chi connectivity index (χ1v) is 13.7. The number of nitrogens with one attached hydrogen (secondary N) is 1. The SMILES string of the molecule is Fc1ccc(OCCCCCN2CCC(NC3=Nc4ccccc4CS3)CC2)cc1.O=C(O)C=CC(=O)O. The Morgan fingerprint density at radius 3 is 2.39 bits per heavy atom. The zero-order valence-corrected chi connectivity index (χ0v) is 22.0. The number of para-hydroxylation sites is 1. The van der Waals surface area contributed by atoms with Crippen molar-refractivity contribution in [1.29, 1.82) is 0 Å². The number of hydrogen-bond donors (Lipinski definition) is 3. The molecule has 0 radical (unpaired) electrons. The van der Waals surface area contributed by atoms with Gasteiger partial charge in [0.1, 0.15) is 11.6 Å².